The second-order valence-corrected chi connectivity index (χ2v) is 9.66. The average Bonchev–Trinajstić information content (AvgIpc) is 2.85. The van der Waals surface area contributed by atoms with Crippen molar-refractivity contribution in [2.45, 2.75) is 21.9 Å². The minimum Gasteiger partial charge on any atom is -0.382 e. The van der Waals surface area contributed by atoms with Crippen molar-refractivity contribution >= 4 is 74.2 Å². The number of hydrogen-bond acceptors (Lipinski definition) is 15. The van der Waals surface area contributed by atoms with Crippen molar-refractivity contribution in [1.29, 1.82) is 0 Å². The van der Waals surface area contributed by atoms with E-state index in [2.05, 4.69) is 45.1 Å². The smallest absolute Gasteiger partial charge is 0.296 e. The summed E-state index contributed by atoms with van der Waals surface area (Å²) in [5, 5.41) is 30.2. The molecule has 5 N–H and O–H groups in total. The van der Waals surface area contributed by atoms with Crippen molar-refractivity contribution in [2.24, 2.45) is 20.5 Å². The van der Waals surface area contributed by atoms with Gasteiger partial charge in [0.05, 0.1) is 23.4 Å². The van der Waals surface area contributed by atoms with E-state index in [4.69, 9.17) is 11.0 Å². The Bertz CT molecular complexity index is 1450. The minimum atomic E-state index is -4.75. The van der Waals surface area contributed by atoms with Crippen LogP contribution in [0.25, 0.3) is 0 Å². The highest BCUT2D eigenvalue weighted by Gasteiger charge is 2.18. The molecule has 3 rings (SSSR count). The Morgan fingerprint density at radius 1 is 1.05 bits per heavy atom. The SMILES string of the molecule is CSc1nc(N)c(N=Nc2ccc(N=Nc3ccc(SOOO)cc3)cc2S(=O)(=O)O)c(NC(C)=O)n1. The minimum absolute atomic E-state index is 0.0215. The molecule has 0 saturated carbocycles. The molecule has 0 atom stereocenters. The summed E-state index contributed by atoms with van der Waals surface area (Å²) < 4.78 is 38.1. The number of nitrogens with two attached hydrogens (primary N) is 1. The van der Waals surface area contributed by atoms with Crippen molar-refractivity contribution in [3.8, 4) is 0 Å². The molecule has 18 heteroatoms. The van der Waals surface area contributed by atoms with Crippen LogP contribution in [0.1, 0.15) is 6.92 Å². The maximum Gasteiger partial charge on any atom is 0.296 e. The fourth-order valence-corrected chi connectivity index (χ4v) is 3.96. The first-order valence-electron chi connectivity index (χ1n) is 9.79. The standard InChI is InChI=1S/C19H18N8O7S3/c1-10(28)21-18-16(17(20)22-19(23-18)35-2)27-26-14-8-5-12(9-15(14)37(30,31)32)25-24-11-3-6-13(7-4-11)36-34-33-29/h3-9,29H,1-2H3,(H,30,31,32)(H3,20,21,22,23,28). The zero-order chi connectivity index (χ0) is 27.0. The summed E-state index contributed by atoms with van der Waals surface area (Å²) >= 11 is 1.95. The fourth-order valence-electron chi connectivity index (χ4n) is 2.59. The van der Waals surface area contributed by atoms with Gasteiger partial charge in [-0.05, 0) is 48.7 Å². The van der Waals surface area contributed by atoms with Gasteiger partial charge in [0, 0.05) is 11.8 Å². The van der Waals surface area contributed by atoms with Crippen molar-refractivity contribution < 1.29 is 32.4 Å². The number of nitrogen functional groups attached to an aromatic ring is 1. The van der Waals surface area contributed by atoms with Gasteiger partial charge < -0.3 is 11.1 Å². The number of aromatic nitrogens is 2. The number of amides is 1. The molecule has 0 bridgehead atoms. The summed E-state index contributed by atoms with van der Waals surface area (Å²) in [4.78, 5) is 19.7. The number of nitrogens with one attached hydrogen (secondary N) is 1. The second kappa shape index (κ2) is 12.6. The van der Waals surface area contributed by atoms with E-state index in [1.165, 1.54) is 30.8 Å². The van der Waals surface area contributed by atoms with Gasteiger partial charge in [-0.25, -0.2) is 15.2 Å². The summed E-state index contributed by atoms with van der Waals surface area (Å²) in [5.74, 6) is -0.576. The van der Waals surface area contributed by atoms with Gasteiger partial charge in [-0.15, -0.1) is 14.6 Å². The van der Waals surface area contributed by atoms with E-state index >= 15 is 0 Å². The zero-order valence-electron chi connectivity index (χ0n) is 19.0. The second-order valence-electron chi connectivity index (χ2n) is 6.72. The van der Waals surface area contributed by atoms with Gasteiger partial charge in [-0.2, -0.15) is 18.6 Å². The zero-order valence-corrected chi connectivity index (χ0v) is 21.4. The van der Waals surface area contributed by atoms with Crippen molar-refractivity contribution in [2.75, 3.05) is 17.3 Å². The Balaban J connectivity index is 1.92. The van der Waals surface area contributed by atoms with Gasteiger partial charge in [-0.3, -0.25) is 9.35 Å². The number of thioether (sulfide) groups is 1. The van der Waals surface area contributed by atoms with Crippen molar-refractivity contribution in [3.05, 3.63) is 42.5 Å². The Labute approximate surface area is 218 Å². The Kier molecular flexibility index (Phi) is 9.58. The summed E-state index contributed by atoms with van der Waals surface area (Å²) in [6.45, 7) is 1.26. The van der Waals surface area contributed by atoms with Gasteiger partial charge in [-0.1, -0.05) is 16.8 Å². The number of nitrogens with zero attached hydrogens (tertiary/aromatic N) is 6. The van der Waals surface area contributed by atoms with Gasteiger partial charge in [0.15, 0.2) is 22.5 Å². The predicted octanol–water partition coefficient (Wildman–Crippen LogP) is 5.24. The molecule has 2 aromatic carbocycles. The monoisotopic (exact) mass is 566 g/mol. The van der Waals surface area contributed by atoms with Crippen LogP contribution in [0.3, 0.4) is 0 Å². The lowest BCUT2D eigenvalue weighted by atomic mass is 10.3. The van der Waals surface area contributed by atoms with Gasteiger partial charge in [0.25, 0.3) is 10.1 Å². The maximum atomic E-state index is 12.0. The molecule has 3 aromatic rings. The number of benzene rings is 2. The topological polar surface area (TPSA) is 223 Å². The Morgan fingerprint density at radius 2 is 1.73 bits per heavy atom. The van der Waals surface area contributed by atoms with E-state index in [0.29, 0.717) is 10.6 Å². The molecular weight excluding hydrogens is 548 g/mol. The first-order valence-corrected chi connectivity index (χ1v) is 13.2. The third-order valence-electron chi connectivity index (χ3n) is 4.12. The molecule has 1 aromatic heterocycles. The number of azo groups is 2. The molecule has 194 valence electrons. The molecule has 37 heavy (non-hydrogen) atoms. The summed E-state index contributed by atoms with van der Waals surface area (Å²) in [6.07, 6.45) is 1.71. The maximum absolute atomic E-state index is 12.0. The number of hydrogen-bond donors (Lipinski definition) is 4. The summed E-state index contributed by atoms with van der Waals surface area (Å²) in [5.41, 5.74) is 6.09. The molecule has 1 heterocycles. The fraction of sp³-hybridized carbons (Fsp3) is 0.105. The molecule has 0 unspecified atom stereocenters. The van der Waals surface area contributed by atoms with Crippen molar-refractivity contribution in [3.63, 3.8) is 0 Å². The van der Waals surface area contributed by atoms with E-state index in [1.54, 1.807) is 30.5 Å². The van der Waals surface area contributed by atoms with E-state index in [0.717, 1.165) is 18.1 Å². The third-order valence-corrected chi connectivity index (χ3v) is 6.15. The third kappa shape index (κ3) is 7.98. The summed E-state index contributed by atoms with van der Waals surface area (Å²) in [7, 11) is -4.75. The molecule has 0 fully saturated rings. The van der Waals surface area contributed by atoms with Crippen LogP contribution in [-0.4, -0.2) is 40.4 Å². The molecule has 0 aliphatic heterocycles. The molecule has 0 radical (unpaired) electrons. The van der Waals surface area contributed by atoms with E-state index in [1.807, 2.05) is 0 Å². The average molecular weight is 567 g/mol. The predicted molar refractivity (Wildman–Crippen MR) is 134 cm³/mol. The van der Waals surface area contributed by atoms with Gasteiger partial charge >= 0.3 is 0 Å². The van der Waals surface area contributed by atoms with Gasteiger partial charge in [0.2, 0.25) is 5.91 Å². The highest BCUT2D eigenvalue weighted by molar-refractivity contribution is 7.98. The van der Waals surface area contributed by atoms with Crippen LogP contribution in [0.4, 0.5) is 34.4 Å². The Hall–Kier alpha value is -3.52. The van der Waals surface area contributed by atoms with Crippen molar-refractivity contribution in [1.82, 2.24) is 9.97 Å². The van der Waals surface area contributed by atoms with Crippen LogP contribution in [0, 0.1) is 0 Å². The lowest BCUT2D eigenvalue weighted by Crippen LogP contribution is -2.10. The molecular formula is C19H18N8O7S3. The van der Waals surface area contributed by atoms with E-state index in [9.17, 15) is 17.8 Å². The van der Waals surface area contributed by atoms with Crippen LogP contribution >= 0.6 is 23.8 Å². The van der Waals surface area contributed by atoms with Crippen LogP contribution < -0.4 is 11.1 Å². The normalized spacial score (nSPS) is 11.9. The molecule has 0 spiro atoms. The first-order chi connectivity index (χ1) is 17.6. The molecule has 0 aliphatic carbocycles. The van der Waals surface area contributed by atoms with Gasteiger partial charge in [0.1, 0.15) is 10.6 Å². The van der Waals surface area contributed by atoms with Crippen LogP contribution in [0.2, 0.25) is 0 Å². The first kappa shape index (κ1) is 28.1. The van der Waals surface area contributed by atoms with Crippen LogP contribution in [-0.2, 0) is 24.3 Å². The highest BCUT2D eigenvalue weighted by atomic mass is 32.2. The quantitative estimate of drug-likeness (QED) is 0.0470. The van der Waals surface area contributed by atoms with E-state index in [-0.39, 0.29) is 33.9 Å². The lowest BCUT2D eigenvalue weighted by molar-refractivity contribution is -0.432. The lowest BCUT2D eigenvalue weighted by Gasteiger charge is -2.08. The molecule has 1 amide bonds. The molecule has 15 nitrogen and oxygen atoms in total. The highest BCUT2D eigenvalue weighted by Crippen LogP contribution is 2.35. The van der Waals surface area contributed by atoms with Crippen LogP contribution in [0.15, 0.2) is 77.9 Å². The number of carbonyl (C=O) groups is 1. The van der Waals surface area contributed by atoms with E-state index < -0.39 is 20.9 Å². The van der Waals surface area contributed by atoms with Crippen LogP contribution in [0.5, 0.6) is 0 Å². The number of carbonyl (C=O) groups excluding carboxylic acids is 1. The molecule has 0 saturated heterocycles. The largest absolute Gasteiger partial charge is 0.382 e. The molecule has 0 aliphatic rings. The Morgan fingerprint density at radius 3 is 2.35 bits per heavy atom. The summed E-state index contributed by atoms with van der Waals surface area (Å²) in [6, 6.07) is 10.1. The number of anilines is 2. The number of rotatable bonds is 10.